The number of quaternary nitrogens is 1. The number of aliphatic carboxylic acids is 1. The van der Waals surface area contributed by atoms with E-state index in [9.17, 15) is 23.5 Å². The molecule has 23 heavy (non-hydrogen) atoms. The van der Waals surface area contributed by atoms with E-state index in [0.29, 0.717) is 12.2 Å². The van der Waals surface area contributed by atoms with Gasteiger partial charge in [-0.25, -0.2) is 0 Å². The van der Waals surface area contributed by atoms with Gasteiger partial charge in [0.1, 0.15) is 11.8 Å². The van der Waals surface area contributed by atoms with Crippen molar-refractivity contribution < 1.29 is 33.5 Å². The predicted octanol–water partition coefficient (Wildman–Crippen LogP) is -0.0455. The Morgan fingerprint density at radius 2 is 1.87 bits per heavy atom. The van der Waals surface area contributed by atoms with Crippen molar-refractivity contribution in [2.75, 3.05) is 11.9 Å². The molecule has 0 aliphatic carbocycles. The van der Waals surface area contributed by atoms with Crippen molar-refractivity contribution in [1.82, 2.24) is 0 Å². The fraction of sp³-hybridized carbons (Fsp3) is 0.467. The normalized spacial score (nSPS) is 12.3. The van der Waals surface area contributed by atoms with Gasteiger partial charge in [-0.3, -0.25) is 4.79 Å². The fourth-order valence-corrected chi connectivity index (χ4v) is 1.83. The summed E-state index contributed by atoms with van der Waals surface area (Å²) in [5.74, 6) is -1.55. The van der Waals surface area contributed by atoms with Gasteiger partial charge < -0.3 is 25.3 Å². The molecule has 1 rings (SSSR count). The minimum atomic E-state index is -2.92. The average Bonchev–Trinajstić information content (AvgIpc) is 2.44. The molecule has 0 aliphatic rings. The Balaban J connectivity index is 2.55. The number of carbonyl (C=O) groups excluding carboxylic acids is 2. The molecular weight excluding hydrogens is 310 g/mol. The summed E-state index contributed by atoms with van der Waals surface area (Å²) in [4.78, 5) is 22.9. The van der Waals surface area contributed by atoms with E-state index in [1.165, 1.54) is 24.3 Å². The lowest BCUT2D eigenvalue weighted by Crippen LogP contribution is -2.94. The highest BCUT2D eigenvalue weighted by Crippen LogP contribution is 2.17. The van der Waals surface area contributed by atoms with Crippen LogP contribution in [-0.4, -0.2) is 31.1 Å². The van der Waals surface area contributed by atoms with Gasteiger partial charge in [-0.2, -0.15) is 8.78 Å². The molecule has 1 amide bonds. The molecule has 0 bridgehead atoms. The molecule has 1 aromatic rings. The molecule has 0 aliphatic heterocycles. The lowest BCUT2D eigenvalue weighted by molar-refractivity contribution is -0.686. The first-order valence-electron chi connectivity index (χ1n) is 7.17. The number of nitrogens with two attached hydrogens (primary N) is 1. The number of rotatable bonds is 9. The van der Waals surface area contributed by atoms with Crippen LogP contribution in [0.4, 0.5) is 14.5 Å². The van der Waals surface area contributed by atoms with Crippen LogP contribution in [0.15, 0.2) is 24.3 Å². The monoisotopic (exact) mass is 330 g/mol. The summed E-state index contributed by atoms with van der Waals surface area (Å²) in [5, 5.41) is 15.1. The topological polar surface area (TPSA) is 95.1 Å². The van der Waals surface area contributed by atoms with Crippen LogP contribution in [0.1, 0.15) is 20.3 Å². The Bertz CT molecular complexity index is 521. The second-order valence-electron chi connectivity index (χ2n) is 5.45. The van der Waals surface area contributed by atoms with Gasteiger partial charge in [0, 0.05) is 11.6 Å². The second kappa shape index (κ2) is 9.04. The highest BCUT2D eigenvalue weighted by Gasteiger charge is 2.18. The zero-order chi connectivity index (χ0) is 17.4. The highest BCUT2D eigenvalue weighted by atomic mass is 19.3. The van der Waals surface area contributed by atoms with Crippen LogP contribution in [0.3, 0.4) is 0 Å². The van der Waals surface area contributed by atoms with Crippen LogP contribution < -0.4 is 20.5 Å². The van der Waals surface area contributed by atoms with E-state index in [2.05, 4.69) is 10.1 Å². The van der Waals surface area contributed by atoms with Crippen molar-refractivity contribution in [3.05, 3.63) is 24.3 Å². The number of carbonyl (C=O) groups is 2. The third kappa shape index (κ3) is 7.55. The summed E-state index contributed by atoms with van der Waals surface area (Å²) >= 11 is 0. The second-order valence-corrected chi connectivity index (χ2v) is 5.45. The van der Waals surface area contributed by atoms with Gasteiger partial charge in [-0.1, -0.05) is 13.8 Å². The molecule has 0 saturated heterocycles. The lowest BCUT2D eigenvalue weighted by Gasteiger charge is -2.17. The Hall–Kier alpha value is -2.22. The van der Waals surface area contributed by atoms with E-state index in [1.807, 2.05) is 13.8 Å². The molecule has 1 atom stereocenters. The van der Waals surface area contributed by atoms with Gasteiger partial charge in [0.2, 0.25) is 5.91 Å². The van der Waals surface area contributed by atoms with E-state index in [4.69, 9.17) is 0 Å². The third-order valence-electron chi connectivity index (χ3n) is 2.96. The Kier molecular flexibility index (Phi) is 7.40. The van der Waals surface area contributed by atoms with E-state index in [-0.39, 0.29) is 18.1 Å². The van der Waals surface area contributed by atoms with E-state index in [0.717, 1.165) is 0 Å². The van der Waals surface area contributed by atoms with Gasteiger partial charge in [-0.15, -0.1) is 0 Å². The number of benzene rings is 1. The summed E-state index contributed by atoms with van der Waals surface area (Å²) in [5.41, 5.74) is 0.359. The van der Waals surface area contributed by atoms with Crippen LogP contribution in [0.2, 0.25) is 0 Å². The maximum absolute atomic E-state index is 12.0. The Morgan fingerprint density at radius 1 is 1.26 bits per heavy atom. The molecule has 0 heterocycles. The number of hydrogen-bond donors (Lipinski definition) is 2. The molecular formula is C15H20F2N2O4. The van der Waals surface area contributed by atoms with Crippen LogP contribution >= 0.6 is 0 Å². The van der Waals surface area contributed by atoms with E-state index in [1.54, 1.807) is 5.32 Å². The van der Waals surface area contributed by atoms with Gasteiger partial charge in [-0.05, 0) is 24.3 Å². The number of alkyl halides is 2. The van der Waals surface area contributed by atoms with Gasteiger partial charge >= 0.3 is 6.61 Å². The molecule has 0 radical (unpaired) electrons. The summed E-state index contributed by atoms with van der Waals surface area (Å²) in [7, 11) is 0. The Labute approximate surface area is 132 Å². The number of amides is 1. The largest absolute Gasteiger partial charge is 0.544 e. The molecule has 6 nitrogen and oxygen atoms in total. The first kappa shape index (κ1) is 18.8. The number of halogens is 2. The van der Waals surface area contributed by atoms with Crippen molar-refractivity contribution in [3.8, 4) is 5.75 Å². The predicted molar refractivity (Wildman–Crippen MR) is 76.7 cm³/mol. The van der Waals surface area contributed by atoms with Crippen molar-refractivity contribution in [3.63, 3.8) is 0 Å². The molecule has 128 valence electrons. The number of nitrogens with one attached hydrogen (secondary N) is 1. The van der Waals surface area contributed by atoms with Crippen molar-refractivity contribution in [2.24, 2.45) is 5.92 Å². The third-order valence-corrected chi connectivity index (χ3v) is 2.96. The van der Waals surface area contributed by atoms with Gasteiger partial charge in [0.05, 0.1) is 18.9 Å². The number of anilines is 1. The van der Waals surface area contributed by atoms with Crippen LogP contribution in [0.25, 0.3) is 0 Å². The zero-order valence-electron chi connectivity index (χ0n) is 12.9. The average molecular weight is 330 g/mol. The number of carboxylic acid groups (broad SMARTS) is 1. The smallest absolute Gasteiger partial charge is 0.387 e. The standard InChI is InChI=1S/C15H20F2N2O4/c1-9(2)8-18-12(14(21)22)7-13(20)19-10-3-5-11(6-4-10)23-15(16)17/h3-6,9,12,15,18H,7-8H2,1-2H3,(H,19,20)(H,21,22)/t12-/m0/s1. The minimum absolute atomic E-state index is 0.0316. The van der Waals surface area contributed by atoms with Crippen molar-refractivity contribution in [2.45, 2.75) is 32.9 Å². The minimum Gasteiger partial charge on any atom is -0.544 e. The summed E-state index contributed by atoms with van der Waals surface area (Å²) in [6, 6.07) is 4.37. The molecule has 8 heteroatoms. The summed E-state index contributed by atoms with van der Waals surface area (Å²) in [6.45, 7) is 1.51. The summed E-state index contributed by atoms with van der Waals surface area (Å²) in [6.07, 6.45) is -0.246. The van der Waals surface area contributed by atoms with Crippen LogP contribution in [-0.2, 0) is 9.59 Å². The number of ether oxygens (including phenoxy) is 1. The van der Waals surface area contributed by atoms with E-state index >= 15 is 0 Å². The molecule has 3 N–H and O–H groups in total. The van der Waals surface area contributed by atoms with Crippen molar-refractivity contribution in [1.29, 1.82) is 0 Å². The maximum atomic E-state index is 12.0. The van der Waals surface area contributed by atoms with Crippen LogP contribution in [0.5, 0.6) is 5.75 Å². The molecule has 0 spiro atoms. The molecule has 0 fully saturated rings. The number of carboxylic acids is 1. The maximum Gasteiger partial charge on any atom is 0.387 e. The first-order valence-corrected chi connectivity index (χ1v) is 7.17. The van der Waals surface area contributed by atoms with E-state index < -0.39 is 24.5 Å². The lowest BCUT2D eigenvalue weighted by atomic mass is 10.1. The van der Waals surface area contributed by atoms with Gasteiger partial charge in [0.15, 0.2) is 0 Å². The van der Waals surface area contributed by atoms with Crippen LogP contribution in [0, 0.1) is 5.92 Å². The first-order chi connectivity index (χ1) is 10.8. The number of hydrogen-bond acceptors (Lipinski definition) is 4. The molecule has 0 unspecified atom stereocenters. The summed E-state index contributed by atoms with van der Waals surface area (Å²) < 4.78 is 28.2. The highest BCUT2D eigenvalue weighted by molar-refractivity contribution is 5.93. The molecule has 0 saturated carbocycles. The SMILES string of the molecule is CC(C)C[NH2+][C@@H](CC(=O)Nc1ccc(OC(F)F)cc1)C(=O)[O-]. The molecule has 0 aromatic heterocycles. The van der Waals surface area contributed by atoms with Crippen molar-refractivity contribution >= 4 is 17.6 Å². The quantitative estimate of drug-likeness (QED) is 0.664. The Morgan fingerprint density at radius 3 is 2.35 bits per heavy atom. The van der Waals surface area contributed by atoms with Gasteiger partial charge in [0.25, 0.3) is 0 Å². The molecule has 1 aromatic carbocycles. The fourth-order valence-electron chi connectivity index (χ4n) is 1.83. The zero-order valence-corrected chi connectivity index (χ0v) is 12.9.